The number of amides is 1. The van der Waals surface area contributed by atoms with Crippen LogP contribution in [0.5, 0.6) is 0 Å². The van der Waals surface area contributed by atoms with Crippen molar-refractivity contribution in [3.8, 4) is 0 Å². The van der Waals surface area contributed by atoms with Crippen LogP contribution in [-0.2, 0) is 13.1 Å². The Morgan fingerprint density at radius 3 is 2.31 bits per heavy atom. The van der Waals surface area contributed by atoms with Gasteiger partial charge in [0.25, 0.3) is 5.91 Å². The molecule has 0 aliphatic rings. The number of hydrogen-bond acceptors (Lipinski definition) is 2. The highest BCUT2D eigenvalue weighted by Crippen LogP contribution is 2.18. The monoisotopic (exact) mass is 384 g/mol. The number of nitrogens with one attached hydrogen (secondary N) is 2. The van der Waals surface area contributed by atoms with Gasteiger partial charge in [-0.1, -0.05) is 65.7 Å². The number of carbonyl (C=O) groups excluding carboxylic acids is 1. The first kappa shape index (κ1) is 18.5. The maximum absolute atomic E-state index is 12.4. The molecule has 0 aliphatic heterocycles. The van der Waals surface area contributed by atoms with Gasteiger partial charge in [-0.3, -0.25) is 4.79 Å². The zero-order valence-corrected chi connectivity index (χ0v) is 15.5. The molecule has 0 unspecified atom stereocenters. The van der Waals surface area contributed by atoms with Crippen LogP contribution in [0.25, 0.3) is 0 Å². The minimum absolute atomic E-state index is 0.225. The summed E-state index contributed by atoms with van der Waals surface area (Å²) in [5.74, 6) is -0.225. The molecule has 0 saturated heterocycles. The van der Waals surface area contributed by atoms with Crippen molar-refractivity contribution >= 4 is 34.8 Å². The summed E-state index contributed by atoms with van der Waals surface area (Å²) in [6.07, 6.45) is 0. The first-order chi connectivity index (χ1) is 12.6. The fraction of sp³-hybridized carbons (Fsp3) is 0.0952. The van der Waals surface area contributed by atoms with Gasteiger partial charge in [-0.15, -0.1) is 0 Å². The van der Waals surface area contributed by atoms with Gasteiger partial charge in [-0.05, 0) is 41.5 Å². The number of halogens is 2. The van der Waals surface area contributed by atoms with E-state index in [1.54, 1.807) is 24.3 Å². The van der Waals surface area contributed by atoms with Crippen LogP contribution in [0.2, 0.25) is 10.0 Å². The minimum atomic E-state index is -0.225. The quantitative estimate of drug-likeness (QED) is 0.585. The first-order valence-corrected chi connectivity index (χ1v) is 8.98. The summed E-state index contributed by atoms with van der Waals surface area (Å²) in [6.45, 7) is 1.34. The Morgan fingerprint density at radius 2 is 1.54 bits per heavy atom. The highest BCUT2D eigenvalue weighted by Gasteiger charge is 2.10. The molecule has 1 amide bonds. The van der Waals surface area contributed by atoms with Gasteiger partial charge in [-0.25, -0.2) is 0 Å². The molecule has 26 heavy (non-hydrogen) atoms. The lowest BCUT2D eigenvalue weighted by Gasteiger charge is -2.10. The maximum Gasteiger partial charge on any atom is 0.257 e. The zero-order valence-electron chi connectivity index (χ0n) is 14.0. The second kappa shape index (κ2) is 8.86. The van der Waals surface area contributed by atoms with E-state index in [2.05, 4.69) is 10.6 Å². The fourth-order valence-electron chi connectivity index (χ4n) is 2.59. The van der Waals surface area contributed by atoms with E-state index in [0.717, 1.165) is 21.8 Å². The molecule has 3 rings (SSSR count). The molecule has 0 saturated carbocycles. The molecule has 0 aromatic heterocycles. The van der Waals surface area contributed by atoms with E-state index >= 15 is 0 Å². The predicted molar refractivity (Wildman–Crippen MR) is 108 cm³/mol. The van der Waals surface area contributed by atoms with Crippen LogP contribution in [0, 0.1) is 0 Å². The molecule has 0 spiro atoms. The Balaban J connectivity index is 1.60. The van der Waals surface area contributed by atoms with Crippen molar-refractivity contribution in [2.75, 3.05) is 5.32 Å². The summed E-state index contributed by atoms with van der Waals surface area (Å²) in [6, 6.07) is 22.4. The van der Waals surface area contributed by atoms with Crippen molar-refractivity contribution in [3.63, 3.8) is 0 Å². The zero-order chi connectivity index (χ0) is 18.4. The van der Waals surface area contributed by atoms with Gasteiger partial charge in [0.2, 0.25) is 0 Å². The molecule has 0 aliphatic carbocycles. The van der Waals surface area contributed by atoms with Gasteiger partial charge < -0.3 is 10.6 Å². The van der Waals surface area contributed by atoms with E-state index in [1.165, 1.54) is 0 Å². The molecule has 3 nitrogen and oxygen atoms in total. The Kier molecular flexibility index (Phi) is 6.29. The summed E-state index contributed by atoms with van der Waals surface area (Å²) in [5.41, 5.74) is 3.30. The van der Waals surface area contributed by atoms with Crippen molar-refractivity contribution in [2.24, 2.45) is 0 Å². The van der Waals surface area contributed by atoms with Gasteiger partial charge >= 0.3 is 0 Å². The van der Waals surface area contributed by atoms with Crippen molar-refractivity contribution in [1.29, 1.82) is 0 Å². The van der Waals surface area contributed by atoms with Gasteiger partial charge in [0.05, 0.1) is 10.6 Å². The molecule has 0 radical (unpaired) electrons. The highest BCUT2D eigenvalue weighted by atomic mass is 35.5. The third-order valence-electron chi connectivity index (χ3n) is 3.91. The molecular formula is C21H18Cl2N2O. The molecule has 0 heterocycles. The van der Waals surface area contributed by atoms with Crippen LogP contribution in [0.4, 0.5) is 5.69 Å². The van der Waals surface area contributed by atoms with E-state index in [9.17, 15) is 4.79 Å². The molecule has 132 valence electrons. The molecule has 0 bridgehead atoms. The van der Waals surface area contributed by atoms with Crippen LogP contribution in [0.15, 0.2) is 72.8 Å². The maximum atomic E-state index is 12.4. The third-order valence-corrected chi connectivity index (χ3v) is 4.60. The number of carbonyl (C=O) groups is 1. The van der Waals surface area contributed by atoms with Crippen LogP contribution in [-0.4, -0.2) is 5.91 Å². The van der Waals surface area contributed by atoms with Gasteiger partial charge in [0, 0.05) is 23.8 Å². The molecule has 0 fully saturated rings. The second-order valence-corrected chi connectivity index (χ2v) is 6.64. The number of hydrogen-bond donors (Lipinski definition) is 2. The summed E-state index contributed by atoms with van der Waals surface area (Å²) in [7, 11) is 0. The molecule has 0 atom stereocenters. The lowest BCUT2D eigenvalue weighted by Crippen LogP contribution is -2.14. The Labute approximate surface area is 163 Å². The van der Waals surface area contributed by atoms with Crippen LogP contribution >= 0.6 is 23.2 Å². The molecule has 3 aromatic carbocycles. The summed E-state index contributed by atoms with van der Waals surface area (Å²) >= 11 is 12.2. The third kappa shape index (κ3) is 4.85. The van der Waals surface area contributed by atoms with E-state index in [0.29, 0.717) is 23.7 Å². The average molecular weight is 385 g/mol. The van der Waals surface area contributed by atoms with Gasteiger partial charge in [-0.2, -0.15) is 0 Å². The number of anilines is 1. The average Bonchev–Trinajstić information content (AvgIpc) is 2.64. The Bertz CT molecular complexity index is 912. The predicted octanol–water partition coefficient (Wildman–Crippen LogP) is 5.54. The smallest absolute Gasteiger partial charge is 0.257 e. The summed E-state index contributed by atoms with van der Waals surface area (Å²) in [5, 5.41) is 7.43. The van der Waals surface area contributed by atoms with Crippen molar-refractivity contribution in [1.82, 2.24) is 5.32 Å². The van der Waals surface area contributed by atoms with Crippen LogP contribution in [0.3, 0.4) is 0 Å². The normalized spacial score (nSPS) is 10.5. The second-order valence-electron chi connectivity index (χ2n) is 5.83. The van der Waals surface area contributed by atoms with E-state index in [4.69, 9.17) is 23.2 Å². The topological polar surface area (TPSA) is 41.1 Å². The summed E-state index contributed by atoms with van der Waals surface area (Å²) in [4.78, 5) is 12.4. The van der Waals surface area contributed by atoms with E-state index in [-0.39, 0.29) is 5.91 Å². The summed E-state index contributed by atoms with van der Waals surface area (Å²) < 4.78 is 0. The molecule has 2 N–H and O–H groups in total. The molecule has 3 aromatic rings. The van der Waals surface area contributed by atoms with E-state index < -0.39 is 0 Å². The van der Waals surface area contributed by atoms with Gasteiger partial charge in [0.1, 0.15) is 0 Å². The van der Waals surface area contributed by atoms with Crippen molar-refractivity contribution < 1.29 is 4.79 Å². The van der Waals surface area contributed by atoms with Crippen LogP contribution in [0.1, 0.15) is 21.5 Å². The van der Waals surface area contributed by atoms with Crippen LogP contribution < -0.4 is 10.6 Å². The lowest BCUT2D eigenvalue weighted by molar-refractivity contribution is 0.102. The Hall–Kier alpha value is -2.33. The van der Waals surface area contributed by atoms with Crippen molar-refractivity contribution in [3.05, 3.63) is 99.5 Å². The van der Waals surface area contributed by atoms with Gasteiger partial charge in [0.15, 0.2) is 0 Å². The highest BCUT2D eigenvalue weighted by molar-refractivity contribution is 6.34. The number of benzene rings is 3. The Morgan fingerprint density at radius 1 is 0.808 bits per heavy atom. The lowest BCUT2D eigenvalue weighted by atomic mass is 10.1. The fourth-order valence-corrected chi connectivity index (χ4v) is 3.01. The largest absolute Gasteiger partial charge is 0.322 e. The molecule has 5 heteroatoms. The standard InChI is InChI=1S/C21H18Cl2N2O/c22-19-10-3-1-7-16(19)14-24-13-15-6-5-8-17(12-15)25-21(26)18-9-2-4-11-20(18)23/h1-12,24H,13-14H2,(H,25,26). The SMILES string of the molecule is O=C(Nc1cccc(CNCc2ccccc2Cl)c1)c1ccccc1Cl. The van der Waals surface area contributed by atoms with Crippen molar-refractivity contribution in [2.45, 2.75) is 13.1 Å². The van der Waals surface area contributed by atoms with E-state index in [1.807, 2.05) is 48.5 Å². The molecular weight excluding hydrogens is 367 g/mol. The first-order valence-electron chi connectivity index (χ1n) is 8.22. The number of rotatable bonds is 6. The minimum Gasteiger partial charge on any atom is -0.322 e.